The molecule has 0 aromatic carbocycles. The Balaban J connectivity index is 2.44. The topological polar surface area (TPSA) is 82.8 Å². The van der Waals surface area contributed by atoms with E-state index in [2.05, 4.69) is 15.5 Å². The molecule has 0 saturated carbocycles. The van der Waals surface area contributed by atoms with Crippen molar-refractivity contribution >= 4 is 0 Å². The molecule has 0 aliphatic carbocycles. The van der Waals surface area contributed by atoms with Gasteiger partial charge in [-0.15, -0.1) is 5.10 Å². The highest BCUT2D eigenvalue weighted by atomic mass is 19.4. The lowest BCUT2D eigenvalue weighted by atomic mass is 10.2. The van der Waals surface area contributed by atoms with Crippen LogP contribution in [0.3, 0.4) is 0 Å². The SMILES string of the molecule is Cc1noc(C)c1Cn1nnc(CN)c1C(F)(F)F. The van der Waals surface area contributed by atoms with E-state index < -0.39 is 11.9 Å². The van der Waals surface area contributed by atoms with Crippen LogP contribution in [0.5, 0.6) is 0 Å². The van der Waals surface area contributed by atoms with Crippen LogP contribution in [-0.4, -0.2) is 20.2 Å². The summed E-state index contributed by atoms with van der Waals surface area (Å²) in [7, 11) is 0. The van der Waals surface area contributed by atoms with Crippen molar-refractivity contribution in [3.63, 3.8) is 0 Å². The van der Waals surface area contributed by atoms with Gasteiger partial charge in [0, 0.05) is 12.1 Å². The first kappa shape index (κ1) is 13.5. The third kappa shape index (κ3) is 2.46. The molecule has 9 heteroatoms. The van der Waals surface area contributed by atoms with Gasteiger partial charge in [0.25, 0.3) is 0 Å². The van der Waals surface area contributed by atoms with E-state index >= 15 is 0 Å². The molecule has 2 heterocycles. The normalized spacial score (nSPS) is 12.1. The van der Waals surface area contributed by atoms with Crippen LogP contribution in [0.2, 0.25) is 0 Å². The Morgan fingerprint density at radius 3 is 2.47 bits per heavy atom. The maximum absolute atomic E-state index is 13.0. The van der Waals surface area contributed by atoms with Crippen LogP contribution in [-0.2, 0) is 19.3 Å². The van der Waals surface area contributed by atoms with Gasteiger partial charge in [0.2, 0.25) is 0 Å². The number of alkyl halides is 3. The van der Waals surface area contributed by atoms with Crippen LogP contribution in [0.4, 0.5) is 13.2 Å². The molecule has 0 amide bonds. The number of nitrogens with zero attached hydrogens (tertiary/aromatic N) is 4. The van der Waals surface area contributed by atoms with Crippen LogP contribution < -0.4 is 5.73 Å². The number of rotatable bonds is 3. The van der Waals surface area contributed by atoms with Gasteiger partial charge in [-0.25, -0.2) is 4.68 Å². The van der Waals surface area contributed by atoms with Crippen molar-refractivity contribution in [2.45, 2.75) is 33.1 Å². The van der Waals surface area contributed by atoms with Gasteiger partial charge >= 0.3 is 6.18 Å². The van der Waals surface area contributed by atoms with E-state index in [9.17, 15) is 13.2 Å². The zero-order chi connectivity index (χ0) is 14.2. The van der Waals surface area contributed by atoms with Crippen LogP contribution >= 0.6 is 0 Å². The second-order valence-electron chi connectivity index (χ2n) is 4.05. The zero-order valence-electron chi connectivity index (χ0n) is 10.3. The summed E-state index contributed by atoms with van der Waals surface area (Å²) in [5, 5.41) is 10.7. The summed E-state index contributed by atoms with van der Waals surface area (Å²) < 4.78 is 44.6. The average Bonchev–Trinajstić information content (AvgIpc) is 2.87. The Morgan fingerprint density at radius 1 is 1.32 bits per heavy atom. The molecule has 0 spiro atoms. The minimum absolute atomic E-state index is 0.108. The van der Waals surface area contributed by atoms with Crippen LogP contribution in [0.1, 0.15) is 28.4 Å². The van der Waals surface area contributed by atoms with Crippen molar-refractivity contribution in [3.05, 3.63) is 28.4 Å². The zero-order valence-corrected chi connectivity index (χ0v) is 10.3. The summed E-state index contributed by atoms with van der Waals surface area (Å²) in [5.74, 6) is 0.454. The van der Waals surface area contributed by atoms with Gasteiger partial charge in [0.1, 0.15) is 11.5 Å². The lowest BCUT2D eigenvalue weighted by Gasteiger charge is -2.10. The number of aromatic nitrogens is 4. The Bertz CT molecular complexity index is 567. The minimum Gasteiger partial charge on any atom is -0.361 e. The highest BCUT2D eigenvalue weighted by Crippen LogP contribution is 2.31. The lowest BCUT2D eigenvalue weighted by Crippen LogP contribution is -2.18. The van der Waals surface area contributed by atoms with E-state index in [0.717, 1.165) is 4.68 Å². The maximum atomic E-state index is 13.0. The largest absolute Gasteiger partial charge is 0.434 e. The van der Waals surface area contributed by atoms with Crippen molar-refractivity contribution in [2.24, 2.45) is 5.73 Å². The fourth-order valence-corrected chi connectivity index (χ4v) is 1.78. The molecule has 19 heavy (non-hydrogen) atoms. The predicted octanol–water partition coefficient (Wildman–Crippen LogP) is 1.41. The highest BCUT2D eigenvalue weighted by Gasteiger charge is 2.39. The molecule has 2 aromatic heterocycles. The van der Waals surface area contributed by atoms with Gasteiger partial charge in [-0.1, -0.05) is 10.4 Å². The number of hydrogen-bond acceptors (Lipinski definition) is 5. The molecule has 0 atom stereocenters. The number of hydrogen-bond donors (Lipinski definition) is 1. The Kier molecular flexibility index (Phi) is 3.31. The molecule has 2 N–H and O–H groups in total. The summed E-state index contributed by atoms with van der Waals surface area (Å²) in [4.78, 5) is 0. The molecule has 0 bridgehead atoms. The fourth-order valence-electron chi connectivity index (χ4n) is 1.78. The molecular formula is C10H12F3N5O. The van der Waals surface area contributed by atoms with E-state index in [4.69, 9.17) is 10.3 Å². The molecule has 0 aliphatic heterocycles. The predicted molar refractivity (Wildman–Crippen MR) is 58.0 cm³/mol. The van der Waals surface area contributed by atoms with E-state index in [-0.39, 0.29) is 18.8 Å². The third-order valence-corrected chi connectivity index (χ3v) is 2.76. The van der Waals surface area contributed by atoms with Gasteiger partial charge in [-0.05, 0) is 13.8 Å². The van der Waals surface area contributed by atoms with Gasteiger partial charge in [0.05, 0.1) is 12.2 Å². The molecule has 0 saturated heterocycles. The smallest absolute Gasteiger partial charge is 0.361 e. The Morgan fingerprint density at radius 2 is 2.00 bits per heavy atom. The summed E-state index contributed by atoms with van der Waals surface area (Å²) in [6.45, 7) is 2.85. The fraction of sp³-hybridized carbons (Fsp3) is 0.500. The van der Waals surface area contributed by atoms with Crippen molar-refractivity contribution in [1.29, 1.82) is 0 Å². The summed E-state index contributed by atoms with van der Waals surface area (Å²) in [6.07, 6.45) is -4.56. The molecule has 0 radical (unpaired) electrons. The van der Waals surface area contributed by atoms with Crippen LogP contribution in [0, 0.1) is 13.8 Å². The first-order valence-electron chi connectivity index (χ1n) is 5.46. The molecule has 0 unspecified atom stereocenters. The molecule has 104 valence electrons. The van der Waals surface area contributed by atoms with Crippen molar-refractivity contribution in [3.8, 4) is 0 Å². The minimum atomic E-state index is -4.56. The Hall–Kier alpha value is -1.90. The summed E-state index contributed by atoms with van der Waals surface area (Å²) in [6, 6.07) is 0. The monoisotopic (exact) mass is 275 g/mol. The van der Waals surface area contributed by atoms with Gasteiger partial charge in [-0.3, -0.25) is 0 Å². The van der Waals surface area contributed by atoms with E-state index in [0.29, 0.717) is 17.0 Å². The first-order chi connectivity index (χ1) is 8.84. The van der Waals surface area contributed by atoms with Crippen LogP contribution in [0.25, 0.3) is 0 Å². The van der Waals surface area contributed by atoms with Crippen molar-refractivity contribution in [1.82, 2.24) is 20.2 Å². The van der Waals surface area contributed by atoms with Crippen LogP contribution in [0.15, 0.2) is 4.52 Å². The number of nitrogens with two attached hydrogens (primary N) is 1. The molecular weight excluding hydrogens is 263 g/mol. The van der Waals surface area contributed by atoms with E-state index in [1.54, 1.807) is 13.8 Å². The van der Waals surface area contributed by atoms with Gasteiger partial charge < -0.3 is 10.3 Å². The standard InChI is InChI=1S/C10H12F3N5O/c1-5-7(6(2)19-16-5)4-18-9(10(11,12)13)8(3-14)15-17-18/h3-4,14H2,1-2H3. The summed E-state index contributed by atoms with van der Waals surface area (Å²) >= 11 is 0. The quantitative estimate of drug-likeness (QED) is 0.915. The molecule has 0 aliphatic rings. The average molecular weight is 275 g/mol. The lowest BCUT2D eigenvalue weighted by molar-refractivity contribution is -0.144. The molecule has 0 fully saturated rings. The highest BCUT2D eigenvalue weighted by molar-refractivity contribution is 5.23. The Labute approximate surface area is 106 Å². The van der Waals surface area contributed by atoms with Crippen molar-refractivity contribution < 1.29 is 17.7 Å². The van der Waals surface area contributed by atoms with Crippen molar-refractivity contribution in [2.75, 3.05) is 0 Å². The second-order valence-corrected chi connectivity index (χ2v) is 4.05. The van der Waals surface area contributed by atoms with Gasteiger partial charge in [-0.2, -0.15) is 13.2 Å². The molecule has 2 aromatic rings. The first-order valence-corrected chi connectivity index (χ1v) is 5.46. The molecule has 2 rings (SSSR count). The van der Waals surface area contributed by atoms with Gasteiger partial charge in [0.15, 0.2) is 5.69 Å². The van der Waals surface area contributed by atoms with E-state index in [1.165, 1.54) is 0 Å². The maximum Gasteiger partial charge on any atom is 0.434 e. The second kappa shape index (κ2) is 4.65. The van der Waals surface area contributed by atoms with E-state index in [1.807, 2.05) is 0 Å². The third-order valence-electron chi connectivity index (χ3n) is 2.76. The molecule has 6 nitrogen and oxygen atoms in total. The summed E-state index contributed by atoms with van der Waals surface area (Å²) in [5.41, 5.74) is 5.11. The number of aryl methyl sites for hydroxylation is 2. The number of halogens is 3.